The highest BCUT2D eigenvalue weighted by atomic mass is 16.5. The monoisotopic (exact) mass is 185 g/mol. The van der Waals surface area contributed by atoms with Crippen molar-refractivity contribution < 1.29 is 4.74 Å². The Labute approximate surface area is 80.1 Å². The predicted molar refractivity (Wildman–Crippen MR) is 55.3 cm³/mol. The van der Waals surface area contributed by atoms with Crippen LogP contribution in [0.3, 0.4) is 0 Å². The Morgan fingerprint density at radius 3 is 2.46 bits per heavy atom. The lowest BCUT2D eigenvalue weighted by Gasteiger charge is -2.16. The molecule has 0 aliphatic carbocycles. The van der Waals surface area contributed by atoms with Gasteiger partial charge in [0.1, 0.15) is 12.4 Å². The average molecular weight is 185 g/mol. The molecule has 0 saturated carbocycles. The molecule has 0 aliphatic rings. The zero-order valence-electron chi connectivity index (χ0n) is 9.09. The van der Waals surface area contributed by atoms with E-state index in [1.54, 1.807) is 14.2 Å². The number of nitrogens with zero attached hydrogens (tertiary/aromatic N) is 2. The van der Waals surface area contributed by atoms with Gasteiger partial charge in [0.2, 0.25) is 0 Å². The zero-order valence-corrected chi connectivity index (χ0v) is 9.09. The highest BCUT2D eigenvalue weighted by molar-refractivity contribution is 5.80. The van der Waals surface area contributed by atoms with E-state index in [0.29, 0.717) is 5.84 Å². The number of amidine groups is 1. The number of methoxy groups -OCH3 is 1. The fourth-order valence-electron chi connectivity index (χ4n) is 0.560. The lowest BCUT2D eigenvalue weighted by molar-refractivity contribution is 0.233. The molecule has 13 heavy (non-hydrogen) atoms. The fraction of sp³-hybridized carbons (Fsp3) is 0.778. The average Bonchev–Trinajstić information content (AvgIpc) is 1.99. The summed E-state index contributed by atoms with van der Waals surface area (Å²) in [6.45, 7) is 6.47. The second-order valence-corrected chi connectivity index (χ2v) is 4.01. The second-order valence-electron chi connectivity index (χ2n) is 4.01. The van der Waals surface area contributed by atoms with E-state index in [1.165, 1.54) is 5.01 Å². The van der Waals surface area contributed by atoms with Crippen LogP contribution in [0.15, 0.2) is 5.10 Å². The molecule has 0 aromatic carbocycles. The van der Waals surface area contributed by atoms with Gasteiger partial charge in [0.15, 0.2) is 0 Å². The van der Waals surface area contributed by atoms with Crippen LogP contribution in [-0.2, 0) is 4.74 Å². The molecule has 0 radical (unpaired) electrons. The maximum Gasteiger partial charge on any atom is 0.143 e. The van der Waals surface area contributed by atoms with E-state index in [0.717, 1.165) is 0 Å². The van der Waals surface area contributed by atoms with Crippen LogP contribution in [0.25, 0.3) is 0 Å². The molecule has 0 amide bonds. The molecule has 0 rings (SSSR count). The molecule has 0 spiro atoms. The van der Waals surface area contributed by atoms with Crippen LogP contribution in [0.4, 0.5) is 0 Å². The first-order valence-corrected chi connectivity index (χ1v) is 4.22. The van der Waals surface area contributed by atoms with Crippen LogP contribution in [0, 0.1) is 10.8 Å². The molecule has 4 heteroatoms. The highest BCUT2D eigenvalue weighted by Gasteiger charge is 2.07. The Kier molecular flexibility index (Phi) is 4.62. The van der Waals surface area contributed by atoms with E-state index < -0.39 is 0 Å². The first-order chi connectivity index (χ1) is 5.87. The molecule has 0 unspecified atom stereocenters. The summed E-state index contributed by atoms with van der Waals surface area (Å²) >= 11 is 0. The summed E-state index contributed by atoms with van der Waals surface area (Å²) < 4.78 is 4.82. The SMILES string of the molecule is COCC(=N)N(C)/N=C/C(C)(C)C. The van der Waals surface area contributed by atoms with Gasteiger partial charge < -0.3 is 4.74 Å². The van der Waals surface area contributed by atoms with Gasteiger partial charge in [0.25, 0.3) is 0 Å². The third-order valence-electron chi connectivity index (χ3n) is 1.29. The topological polar surface area (TPSA) is 48.7 Å². The van der Waals surface area contributed by atoms with Crippen molar-refractivity contribution in [2.24, 2.45) is 10.5 Å². The van der Waals surface area contributed by atoms with Crippen molar-refractivity contribution in [2.45, 2.75) is 20.8 Å². The maximum atomic E-state index is 7.49. The van der Waals surface area contributed by atoms with Crippen LogP contribution in [-0.4, -0.2) is 37.8 Å². The summed E-state index contributed by atoms with van der Waals surface area (Å²) in [5.41, 5.74) is 0.0433. The molecular formula is C9H19N3O. The van der Waals surface area contributed by atoms with E-state index in [9.17, 15) is 0 Å². The number of hydrazone groups is 1. The largest absolute Gasteiger partial charge is 0.377 e. The molecule has 0 aromatic rings. The normalized spacial score (nSPS) is 12.1. The van der Waals surface area contributed by atoms with Crippen molar-refractivity contribution in [3.63, 3.8) is 0 Å². The van der Waals surface area contributed by atoms with Crippen molar-refractivity contribution in [1.29, 1.82) is 5.41 Å². The van der Waals surface area contributed by atoms with Crippen molar-refractivity contribution in [3.8, 4) is 0 Å². The molecule has 0 heterocycles. The summed E-state index contributed by atoms with van der Waals surface area (Å²) in [4.78, 5) is 0. The summed E-state index contributed by atoms with van der Waals surface area (Å²) in [5.74, 6) is 0.350. The summed E-state index contributed by atoms with van der Waals surface area (Å²) in [7, 11) is 3.31. The van der Waals surface area contributed by atoms with Gasteiger partial charge in [-0.2, -0.15) is 5.10 Å². The summed E-state index contributed by atoms with van der Waals surface area (Å²) in [6, 6.07) is 0. The van der Waals surface area contributed by atoms with E-state index in [4.69, 9.17) is 10.1 Å². The minimum Gasteiger partial charge on any atom is -0.377 e. The molecule has 0 aromatic heterocycles. The van der Waals surface area contributed by atoms with Crippen molar-refractivity contribution in [1.82, 2.24) is 5.01 Å². The lowest BCUT2D eigenvalue weighted by Crippen LogP contribution is -2.25. The van der Waals surface area contributed by atoms with Crippen LogP contribution >= 0.6 is 0 Å². The molecule has 1 N–H and O–H groups in total. The van der Waals surface area contributed by atoms with Gasteiger partial charge in [-0.15, -0.1) is 0 Å². The quantitative estimate of drug-likeness (QED) is 0.412. The predicted octanol–water partition coefficient (Wildman–Crippen LogP) is 1.57. The van der Waals surface area contributed by atoms with Gasteiger partial charge >= 0.3 is 0 Å². The third-order valence-corrected chi connectivity index (χ3v) is 1.29. The van der Waals surface area contributed by atoms with Crippen LogP contribution in [0.5, 0.6) is 0 Å². The number of hydrogen-bond donors (Lipinski definition) is 1. The molecular weight excluding hydrogens is 166 g/mol. The Hall–Kier alpha value is -0.900. The van der Waals surface area contributed by atoms with Gasteiger partial charge in [0, 0.05) is 20.4 Å². The Morgan fingerprint density at radius 2 is 2.08 bits per heavy atom. The molecule has 0 bridgehead atoms. The number of ether oxygens (including phenoxy) is 1. The van der Waals surface area contributed by atoms with Crippen molar-refractivity contribution in [3.05, 3.63) is 0 Å². The van der Waals surface area contributed by atoms with Gasteiger partial charge in [-0.3, -0.25) is 10.4 Å². The Morgan fingerprint density at radius 1 is 1.54 bits per heavy atom. The Bertz CT molecular complexity index is 194. The Balaban J connectivity index is 4.07. The van der Waals surface area contributed by atoms with Gasteiger partial charge in [-0.25, -0.2) is 0 Å². The fourth-order valence-corrected chi connectivity index (χ4v) is 0.560. The number of likely N-dealkylation sites (N-methyl/N-ethyl adjacent to an activating group) is 1. The standard InChI is InChI=1S/C9H19N3O/c1-9(2,3)7-11-12(4)8(10)6-13-5/h7,10H,6H2,1-5H3/b10-8?,11-7+. The van der Waals surface area contributed by atoms with Crippen molar-refractivity contribution in [2.75, 3.05) is 20.8 Å². The van der Waals surface area contributed by atoms with E-state index >= 15 is 0 Å². The molecule has 4 nitrogen and oxygen atoms in total. The van der Waals surface area contributed by atoms with Gasteiger partial charge in [0.05, 0.1) is 0 Å². The molecule has 76 valence electrons. The first-order valence-electron chi connectivity index (χ1n) is 4.22. The molecule has 0 saturated heterocycles. The smallest absolute Gasteiger partial charge is 0.143 e. The molecule has 0 atom stereocenters. The number of hydrogen-bond acceptors (Lipinski definition) is 3. The minimum absolute atomic E-state index is 0.0433. The molecule has 0 aliphatic heterocycles. The van der Waals surface area contributed by atoms with E-state index in [2.05, 4.69) is 25.9 Å². The first kappa shape index (κ1) is 12.1. The lowest BCUT2D eigenvalue weighted by atomic mass is 9.99. The third kappa shape index (κ3) is 6.28. The van der Waals surface area contributed by atoms with Crippen LogP contribution in [0.1, 0.15) is 20.8 Å². The molecule has 0 fully saturated rings. The van der Waals surface area contributed by atoms with Crippen LogP contribution < -0.4 is 0 Å². The highest BCUT2D eigenvalue weighted by Crippen LogP contribution is 2.08. The number of nitrogens with one attached hydrogen (secondary N) is 1. The second kappa shape index (κ2) is 4.97. The maximum absolute atomic E-state index is 7.49. The van der Waals surface area contributed by atoms with E-state index in [-0.39, 0.29) is 12.0 Å². The van der Waals surface area contributed by atoms with Gasteiger partial charge in [-0.05, 0) is 5.41 Å². The minimum atomic E-state index is 0.0433. The van der Waals surface area contributed by atoms with Crippen molar-refractivity contribution >= 4 is 12.1 Å². The van der Waals surface area contributed by atoms with E-state index in [1.807, 2.05) is 6.21 Å². The van der Waals surface area contributed by atoms with Gasteiger partial charge in [-0.1, -0.05) is 20.8 Å². The summed E-state index contributed by atoms with van der Waals surface area (Å²) in [5, 5.41) is 13.1. The number of rotatable bonds is 3. The zero-order chi connectivity index (χ0) is 10.5. The summed E-state index contributed by atoms with van der Waals surface area (Å²) in [6.07, 6.45) is 1.82. The van der Waals surface area contributed by atoms with Crippen LogP contribution in [0.2, 0.25) is 0 Å².